The van der Waals surface area contributed by atoms with Gasteiger partial charge in [-0.25, -0.2) is 0 Å². The van der Waals surface area contributed by atoms with Gasteiger partial charge in [-0.3, -0.25) is 9.59 Å². The number of unbranched alkanes of at least 4 members (excludes halogenated alkanes) is 12. The molecular weight excluding hydrogens is 288 g/mol. The van der Waals surface area contributed by atoms with Crippen LogP contribution in [0.1, 0.15) is 116 Å². The molecule has 0 rings (SSSR count). The van der Waals surface area contributed by atoms with Crippen LogP contribution < -0.4 is 0 Å². The number of carbonyl (C=O) groups is 2. The highest BCUT2D eigenvalue weighted by Gasteiger charge is 2.04. The number of carboxylic acids is 1. The molecule has 0 radical (unpaired) electrons. The molecule has 0 aromatic heterocycles. The molecule has 23 heavy (non-hydrogen) atoms. The Morgan fingerprint density at radius 2 is 0.957 bits per heavy atom. The van der Waals surface area contributed by atoms with E-state index >= 15 is 0 Å². The van der Waals surface area contributed by atoms with Crippen molar-refractivity contribution in [3.8, 4) is 0 Å². The van der Waals surface area contributed by atoms with E-state index in [1.807, 2.05) is 0 Å². The van der Waals surface area contributed by atoms with Gasteiger partial charge in [0.1, 0.15) is 5.78 Å². The molecule has 0 amide bonds. The number of carbonyl (C=O) groups excluding carboxylic acids is 1. The van der Waals surface area contributed by atoms with E-state index < -0.39 is 5.97 Å². The van der Waals surface area contributed by atoms with Crippen LogP contribution in [0.4, 0.5) is 0 Å². The number of aliphatic carboxylic acids is 1. The van der Waals surface area contributed by atoms with Gasteiger partial charge in [-0.1, -0.05) is 84.0 Å². The van der Waals surface area contributed by atoms with Gasteiger partial charge in [0, 0.05) is 19.3 Å². The van der Waals surface area contributed by atoms with E-state index in [0.717, 1.165) is 12.8 Å². The van der Waals surface area contributed by atoms with E-state index in [9.17, 15) is 9.59 Å². The van der Waals surface area contributed by atoms with Gasteiger partial charge in [0.2, 0.25) is 0 Å². The zero-order valence-electron chi connectivity index (χ0n) is 15.3. The largest absolute Gasteiger partial charge is 0.481 e. The zero-order valence-corrected chi connectivity index (χ0v) is 15.3. The van der Waals surface area contributed by atoms with Crippen LogP contribution in [0.2, 0.25) is 0 Å². The smallest absolute Gasteiger partial charge is 0.303 e. The quantitative estimate of drug-likeness (QED) is 0.301. The predicted molar refractivity (Wildman–Crippen MR) is 96.8 cm³/mol. The predicted octanol–water partition coefficient (Wildman–Crippen LogP) is 6.29. The van der Waals surface area contributed by atoms with Gasteiger partial charge < -0.3 is 5.11 Å². The van der Waals surface area contributed by atoms with Gasteiger partial charge in [0.25, 0.3) is 0 Å². The van der Waals surface area contributed by atoms with Crippen molar-refractivity contribution in [2.24, 2.45) is 0 Å². The van der Waals surface area contributed by atoms with Gasteiger partial charge in [-0.2, -0.15) is 0 Å². The molecule has 0 fully saturated rings. The van der Waals surface area contributed by atoms with Crippen LogP contribution >= 0.6 is 0 Å². The van der Waals surface area contributed by atoms with Gasteiger partial charge in [-0.15, -0.1) is 0 Å². The summed E-state index contributed by atoms with van der Waals surface area (Å²) in [5, 5.41) is 8.51. The van der Waals surface area contributed by atoms with Gasteiger partial charge >= 0.3 is 5.97 Å². The summed E-state index contributed by atoms with van der Waals surface area (Å²) < 4.78 is 0. The highest BCUT2D eigenvalue weighted by atomic mass is 16.4. The fourth-order valence-electron chi connectivity index (χ4n) is 2.90. The minimum absolute atomic E-state index is 0.115. The Kier molecular flexibility index (Phi) is 16.8. The van der Waals surface area contributed by atoms with E-state index in [1.165, 1.54) is 70.6 Å². The van der Waals surface area contributed by atoms with E-state index in [1.54, 1.807) is 0 Å². The van der Waals surface area contributed by atoms with Crippen molar-refractivity contribution in [2.75, 3.05) is 0 Å². The normalized spacial score (nSPS) is 10.8. The number of hydrogen-bond acceptors (Lipinski definition) is 2. The van der Waals surface area contributed by atoms with Gasteiger partial charge in [0.15, 0.2) is 0 Å². The molecule has 0 aliphatic carbocycles. The van der Waals surface area contributed by atoms with E-state index in [4.69, 9.17) is 5.11 Å². The van der Waals surface area contributed by atoms with Crippen molar-refractivity contribution < 1.29 is 14.7 Å². The molecule has 0 unspecified atom stereocenters. The summed E-state index contributed by atoms with van der Waals surface area (Å²) in [6.07, 6.45) is 18.7. The van der Waals surface area contributed by atoms with Crippen LogP contribution in [0.5, 0.6) is 0 Å². The summed E-state index contributed by atoms with van der Waals surface area (Å²) in [5.41, 5.74) is 0. The summed E-state index contributed by atoms with van der Waals surface area (Å²) in [4.78, 5) is 21.9. The number of Topliss-reactive ketones (excluding diaryl/α,β-unsaturated/α-hetero) is 1. The maximum absolute atomic E-state index is 11.5. The summed E-state index contributed by atoms with van der Waals surface area (Å²) in [5.74, 6) is -0.576. The Hall–Kier alpha value is -0.860. The molecule has 0 spiro atoms. The molecule has 1 N–H and O–H groups in total. The number of rotatable bonds is 18. The molecule has 0 atom stereocenters. The second-order valence-corrected chi connectivity index (χ2v) is 6.78. The maximum atomic E-state index is 11.5. The third kappa shape index (κ3) is 19.1. The van der Waals surface area contributed by atoms with Crippen LogP contribution in [0.25, 0.3) is 0 Å². The summed E-state index contributed by atoms with van der Waals surface area (Å²) >= 11 is 0. The van der Waals surface area contributed by atoms with E-state index in [-0.39, 0.29) is 12.2 Å². The second-order valence-electron chi connectivity index (χ2n) is 6.78. The Balaban J connectivity index is 3.12. The van der Waals surface area contributed by atoms with Crippen molar-refractivity contribution in [2.45, 2.75) is 116 Å². The fraction of sp³-hybridized carbons (Fsp3) is 0.900. The molecule has 0 aromatic rings. The second kappa shape index (κ2) is 17.5. The molecule has 0 aliphatic heterocycles. The molecule has 0 bridgehead atoms. The van der Waals surface area contributed by atoms with Crippen LogP contribution in [0.15, 0.2) is 0 Å². The number of carboxylic acid groups (broad SMARTS) is 1. The summed E-state index contributed by atoms with van der Waals surface area (Å²) in [6, 6.07) is 0. The Bertz CT molecular complexity index is 287. The first-order chi connectivity index (χ1) is 11.2. The fourth-order valence-corrected chi connectivity index (χ4v) is 2.90. The van der Waals surface area contributed by atoms with Crippen molar-refractivity contribution in [3.05, 3.63) is 0 Å². The first-order valence-corrected chi connectivity index (χ1v) is 9.90. The van der Waals surface area contributed by atoms with Crippen molar-refractivity contribution >= 4 is 11.8 Å². The molecular formula is C20H38O3. The average Bonchev–Trinajstić information content (AvgIpc) is 2.51. The van der Waals surface area contributed by atoms with E-state index in [0.29, 0.717) is 19.3 Å². The van der Waals surface area contributed by atoms with Crippen LogP contribution in [-0.2, 0) is 9.59 Å². The Morgan fingerprint density at radius 3 is 1.39 bits per heavy atom. The van der Waals surface area contributed by atoms with Gasteiger partial charge in [0.05, 0.1) is 0 Å². The first kappa shape index (κ1) is 22.1. The monoisotopic (exact) mass is 326 g/mol. The number of ketones is 1. The lowest BCUT2D eigenvalue weighted by Crippen LogP contribution is -2.00. The molecule has 0 aromatic carbocycles. The molecule has 3 nitrogen and oxygen atoms in total. The topological polar surface area (TPSA) is 54.4 Å². The summed E-state index contributed by atoms with van der Waals surface area (Å²) in [7, 11) is 0. The summed E-state index contributed by atoms with van der Waals surface area (Å²) in [6.45, 7) is 2.26. The minimum atomic E-state index is -0.807. The molecule has 0 saturated carbocycles. The maximum Gasteiger partial charge on any atom is 0.303 e. The lowest BCUT2D eigenvalue weighted by molar-refractivity contribution is -0.137. The lowest BCUT2D eigenvalue weighted by Gasteiger charge is -2.03. The SMILES string of the molecule is CCCCCCCCCCCCCCCC(=O)CCCC(=O)O. The Morgan fingerprint density at radius 1 is 0.565 bits per heavy atom. The average molecular weight is 327 g/mol. The highest BCUT2D eigenvalue weighted by Crippen LogP contribution is 2.13. The van der Waals surface area contributed by atoms with Crippen molar-refractivity contribution in [1.82, 2.24) is 0 Å². The molecule has 3 heteroatoms. The van der Waals surface area contributed by atoms with E-state index in [2.05, 4.69) is 6.92 Å². The lowest BCUT2D eigenvalue weighted by atomic mass is 10.0. The molecule has 0 heterocycles. The zero-order chi connectivity index (χ0) is 17.2. The Labute approximate surface area is 143 Å². The highest BCUT2D eigenvalue weighted by molar-refractivity contribution is 5.78. The van der Waals surface area contributed by atoms with Crippen LogP contribution in [-0.4, -0.2) is 16.9 Å². The molecule has 136 valence electrons. The first-order valence-electron chi connectivity index (χ1n) is 9.90. The third-order valence-corrected chi connectivity index (χ3v) is 4.41. The standard InChI is InChI=1S/C20H38O3/c1-2-3-4-5-6-7-8-9-10-11-12-13-14-16-19(21)17-15-18-20(22)23/h2-18H2,1H3,(H,22,23). The van der Waals surface area contributed by atoms with Crippen LogP contribution in [0.3, 0.4) is 0 Å². The minimum Gasteiger partial charge on any atom is -0.481 e. The molecule has 0 aliphatic rings. The van der Waals surface area contributed by atoms with Crippen molar-refractivity contribution in [1.29, 1.82) is 0 Å². The molecule has 0 saturated heterocycles. The van der Waals surface area contributed by atoms with Crippen molar-refractivity contribution in [3.63, 3.8) is 0 Å². The number of hydrogen-bond donors (Lipinski definition) is 1. The third-order valence-electron chi connectivity index (χ3n) is 4.41. The van der Waals surface area contributed by atoms with Crippen LogP contribution in [0, 0.1) is 0 Å². The van der Waals surface area contributed by atoms with Gasteiger partial charge in [-0.05, 0) is 12.8 Å².